The number of aliphatic carboxylic acids is 1. The van der Waals surface area contributed by atoms with Crippen molar-refractivity contribution >= 4 is 31.0 Å². The van der Waals surface area contributed by atoms with Crippen molar-refractivity contribution in [3.63, 3.8) is 0 Å². The van der Waals surface area contributed by atoms with Gasteiger partial charge in [-0.1, -0.05) is 44.2 Å². The van der Waals surface area contributed by atoms with Crippen LogP contribution in [0.3, 0.4) is 0 Å². The second-order valence-electron chi connectivity index (χ2n) is 8.15. The van der Waals surface area contributed by atoms with Gasteiger partial charge in [0.15, 0.2) is 0 Å². The Labute approximate surface area is 207 Å². The van der Waals surface area contributed by atoms with Crippen molar-refractivity contribution < 1.29 is 28.7 Å². The van der Waals surface area contributed by atoms with Gasteiger partial charge in [0.25, 0.3) is 0 Å². The van der Waals surface area contributed by atoms with Gasteiger partial charge >= 0.3 is 13.7 Å². The summed E-state index contributed by atoms with van der Waals surface area (Å²) in [7, 11) is -4.33. The molecule has 12 heteroatoms. The molecule has 2 heterocycles. The number of carboxylic acid groups (broad SMARTS) is 1. The van der Waals surface area contributed by atoms with Gasteiger partial charge in [0.2, 0.25) is 5.91 Å². The Morgan fingerprint density at radius 1 is 1.11 bits per heavy atom. The maximum absolute atomic E-state index is 12.9. The van der Waals surface area contributed by atoms with Crippen molar-refractivity contribution in [3.05, 3.63) is 70.9 Å². The lowest BCUT2D eigenvalue weighted by Gasteiger charge is -2.26. The topological polar surface area (TPSA) is 151 Å². The third-order valence-electron chi connectivity index (χ3n) is 5.12. The van der Waals surface area contributed by atoms with Crippen LogP contribution >= 0.6 is 19.1 Å². The van der Waals surface area contributed by atoms with Gasteiger partial charge in [-0.3, -0.25) is 9.32 Å². The van der Waals surface area contributed by atoms with E-state index in [-0.39, 0.29) is 13.0 Å². The second-order valence-corrected chi connectivity index (χ2v) is 10.7. The monoisotopic (exact) mass is 518 g/mol. The molecule has 1 unspecified atom stereocenters. The van der Waals surface area contributed by atoms with Gasteiger partial charge in [-0.25, -0.2) is 24.4 Å². The highest BCUT2D eigenvalue weighted by Gasteiger charge is 2.33. The highest BCUT2D eigenvalue weighted by molar-refractivity contribution is 7.50. The number of amides is 1. The number of carboxylic acids is 1. The predicted octanol–water partition coefficient (Wildman–Crippen LogP) is 3.25. The largest absolute Gasteiger partial charge is 0.480 e. The molecule has 4 N–H and O–H groups in total. The average molecular weight is 519 g/mol. The molecule has 0 saturated heterocycles. The van der Waals surface area contributed by atoms with E-state index < -0.39 is 37.6 Å². The van der Waals surface area contributed by atoms with E-state index >= 15 is 0 Å². The summed E-state index contributed by atoms with van der Waals surface area (Å²) in [6.45, 7) is 3.27. The fraction of sp³-hybridized carbons (Fsp3) is 0.304. The second kappa shape index (κ2) is 12.1. The van der Waals surface area contributed by atoms with Crippen LogP contribution in [0.25, 0.3) is 11.1 Å². The number of nitrogens with zero attached hydrogens (tertiary/aromatic N) is 2. The van der Waals surface area contributed by atoms with Crippen LogP contribution in [0.15, 0.2) is 60.5 Å². The minimum absolute atomic E-state index is 0.0309. The maximum atomic E-state index is 12.9. The number of nitrogens with one attached hydrogen (secondary N) is 2. The van der Waals surface area contributed by atoms with Crippen molar-refractivity contribution in [2.45, 2.75) is 39.0 Å². The molecule has 10 nitrogen and oxygen atoms in total. The Morgan fingerprint density at radius 2 is 1.80 bits per heavy atom. The fourth-order valence-electron chi connectivity index (χ4n) is 3.25. The molecule has 3 rings (SSSR count). The molecule has 0 saturated carbocycles. The molecule has 0 radical (unpaired) electrons. The molecule has 0 aliphatic carbocycles. The molecule has 3 atom stereocenters. The molecule has 186 valence electrons. The van der Waals surface area contributed by atoms with Crippen molar-refractivity contribution in [2.75, 3.05) is 0 Å². The Kier molecular flexibility index (Phi) is 9.25. The van der Waals surface area contributed by atoms with Gasteiger partial charge in [0.05, 0.1) is 12.6 Å². The summed E-state index contributed by atoms with van der Waals surface area (Å²) in [5.41, 5.74) is 2.39. The van der Waals surface area contributed by atoms with E-state index in [1.165, 1.54) is 17.7 Å². The number of rotatable bonds is 12. The van der Waals surface area contributed by atoms with E-state index in [9.17, 15) is 24.2 Å². The zero-order chi connectivity index (χ0) is 25.4. The first kappa shape index (κ1) is 26.7. The maximum Gasteiger partial charge on any atom is 0.403 e. The zero-order valence-corrected chi connectivity index (χ0v) is 20.9. The molecule has 0 fully saturated rings. The lowest BCUT2D eigenvalue weighted by molar-refractivity contribution is -0.142. The molecule has 1 aromatic carbocycles. The smallest absolute Gasteiger partial charge is 0.403 e. The van der Waals surface area contributed by atoms with Crippen molar-refractivity contribution in [1.82, 2.24) is 20.4 Å². The average Bonchev–Trinajstić information content (AvgIpc) is 3.35. The standard InChI is InChI=1S/C23H27N4O6PS/c1-15(2)21(27-34(31,32)33-13-19-4-3-9-35-19)22(28)26-20(23(29)30)10-16-5-7-17(8-6-16)18-11-24-14-25-12-18/h3-9,11-12,14-15,20-21H,10,13H2,1-2H3,(H,26,28)(H,29,30)(H2,27,31,32)/t20-,21-/m0/s1. The lowest BCUT2D eigenvalue weighted by atomic mass is 10.0. The van der Waals surface area contributed by atoms with Gasteiger partial charge in [-0.05, 0) is 28.5 Å². The van der Waals surface area contributed by atoms with Gasteiger partial charge in [-0.2, -0.15) is 0 Å². The molecule has 3 aromatic rings. The number of hydrogen-bond donors (Lipinski definition) is 4. The summed E-state index contributed by atoms with van der Waals surface area (Å²) in [6.07, 6.45) is 4.81. The molecular weight excluding hydrogens is 491 g/mol. The summed E-state index contributed by atoms with van der Waals surface area (Å²) in [5, 5.41) is 16.3. The van der Waals surface area contributed by atoms with E-state index in [0.29, 0.717) is 5.56 Å². The molecule has 0 bridgehead atoms. The van der Waals surface area contributed by atoms with Gasteiger partial charge in [0, 0.05) is 29.3 Å². The number of carbonyl (C=O) groups is 2. The van der Waals surface area contributed by atoms with Crippen LogP contribution in [0.4, 0.5) is 0 Å². The van der Waals surface area contributed by atoms with Crippen LogP contribution in [0.2, 0.25) is 0 Å². The number of aromatic nitrogens is 2. The van der Waals surface area contributed by atoms with Crippen LogP contribution in [0.5, 0.6) is 0 Å². The molecular formula is C23H27N4O6PS. The van der Waals surface area contributed by atoms with Crippen LogP contribution in [-0.4, -0.2) is 43.9 Å². The SMILES string of the molecule is CC(C)[C@H](NP(=O)(O)OCc1cccs1)C(=O)N[C@@H](Cc1ccc(-c2cncnc2)cc1)C(=O)O. The highest BCUT2D eigenvalue weighted by atomic mass is 32.1. The highest BCUT2D eigenvalue weighted by Crippen LogP contribution is 2.39. The van der Waals surface area contributed by atoms with Crippen molar-refractivity contribution in [1.29, 1.82) is 0 Å². The van der Waals surface area contributed by atoms with E-state index in [4.69, 9.17) is 4.52 Å². The molecule has 0 aliphatic rings. The van der Waals surface area contributed by atoms with Crippen molar-refractivity contribution in [2.24, 2.45) is 5.92 Å². The third-order valence-corrected chi connectivity index (χ3v) is 7.05. The minimum atomic E-state index is -4.33. The number of carbonyl (C=O) groups excluding carboxylic acids is 1. The van der Waals surface area contributed by atoms with Crippen LogP contribution in [-0.2, 0) is 31.7 Å². The quantitative estimate of drug-likeness (QED) is 0.265. The molecule has 0 aliphatic heterocycles. The first-order valence-corrected chi connectivity index (χ1v) is 13.3. The molecule has 35 heavy (non-hydrogen) atoms. The molecule has 0 spiro atoms. The first-order valence-electron chi connectivity index (χ1n) is 10.8. The minimum Gasteiger partial charge on any atom is -0.480 e. The van der Waals surface area contributed by atoms with Crippen LogP contribution in [0.1, 0.15) is 24.3 Å². The van der Waals surface area contributed by atoms with Gasteiger partial charge in [0.1, 0.15) is 12.4 Å². The summed E-state index contributed by atoms with van der Waals surface area (Å²) >= 11 is 1.37. The van der Waals surface area contributed by atoms with Crippen LogP contribution in [0, 0.1) is 5.92 Å². The van der Waals surface area contributed by atoms with E-state index in [1.807, 2.05) is 17.5 Å². The summed E-state index contributed by atoms with van der Waals surface area (Å²) in [6, 6.07) is 8.35. The Bertz CT molecular complexity index is 1160. The Hall–Kier alpha value is -2.95. The first-order chi connectivity index (χ1) is 16.6. The van der Waals surface area contributed by atoms with Crippen LogP contribution < -0.4 is 10.4 Å². The predicted molar refractivity (Wildman–Crippen MR) is 131 cm³/mol. The molecule has 1 amide bonds. The van der Waals surface area contributed by atoms with E-state index in [2.05, 4.69) is 20.4 Å². The Morgan fingerprint density at radius 3 is 2.37 bits per heavy atom. The normalized spacial score (nSPS) is 14.7. The number of hydrogen-bond acceptors (Lipinski definition) is 7. The third kappa shape index (κ3) is 8.05. The number of benzene rings is 1. The Balaban J connectivity index is 1.64. The number of thiophene rings is 1. The van der Waals surface area contributed by atoms with Crippen molar-refractivity contribution in [3.8, 4) is 11.1 Å². The van der Waals surface area contributed by atoms with E-state index in [0.717, 1.165) is 16.0 Å². The lowest BCUT2D eigenvalue weighted by Crippen LogP contribution is -2.52. The summed E-state index contributed by atoms with van der Waals surface area (Å²) in [4.78, 5) is 43.7. The van der Waals surface area contributed by atoms with Gasteiger partial charge in [-0.15, -0.1) is 11.3 Å². The molecule has 2 aromatic heterocycles. The van der Waals surface area contributed by atoms with E-state index in [1.54, 1.807) is 50.5 Å². The zero-order valence-electron chi connectivity index (χ0n) is 19.2. The fourth-order valence-corrected chi connectivity index (χ4v) is 5.11. The van der Waals surface area contributed by atoms with Gasteiger partial charge < -0.3 is 15.3 Å². The summed E-state index contributed by atoms with van der Waals surface area (Å²) < 4.78 is 17.6. The summed E-state index contributed by atoms with van der Waals surface area (Å²) in [5.74, 6) is -2.34.